The van der Waals surface area contributed by atoms with E-state index in [0.717, 1.165) is 29.3 Å². The van der Waals surface area contributed by atoms with Crippen LogP contribution in [0.15, 0.2) is 48.5 Å². The number of rotatable bonds is 6. The van der Waals surface area contributed by atoms with Crippen LogP contribution >= 0.6 is 0 Å². The highest BCUT2D eigenvalue weighted by atomic mass is 19.1. The third-order valence-corrected chi connectivity index (χ3v) is 3.61. The number of nitrogens with one attached hydrogen (secondary N) is 1. The fraction of sp³-hybridized carbons (Fsp3) is 0.200. The molecule has 2 rings (SSSR count). The van der Waals surface area contributed by atoms with E-state index in [9.17, 15) is 14.0 Å². The van der Waals surface area contributed by atoms with Crippen molar-refractivity contribution in [3.8, 4) is 0 Å². The number of ether oxygens (including phenoxy) is 1. The molecule has 0 radical (unpaired) electrons. The molecule has 0 saturated carbocycles. The minimum Gasteiger partial charge on any atom is -0.452 e. The van der Waals surface area contributed by atoms with Gasteiger partial charge in [0.1, 0.15) is 5.82 Å². The molecular weight excluding hydrogens is 321 g/mol. The first-order valence-corrected chi connectivity index (χ1v) is 7.98. The molecule has 2 aromatic carbocycles. The quantitative estimate of drug-likeness (QED) is 0.640. The van der Waals surface area contributed by atoms with E-state index >= 15 is 0 Å². The second-order valence-electron chi connectivity index (χ2n) is 5.51. The van der Waals surface area contributed by atoms with Crippen molar-refractivity contribution in [2.75, 3.05) is 11.9 Å². The monoisotopic (exact) mass is 341 g/mol. The van der Waals surface area contributed by atoms with Crippen molar-refractivity contribution in [1.29, 1.82) is 0 Å². The number of anilines is 1. The van der Waals surface area contributed by atoms with Crippen LogP contribution in [0.3, 0.4) is 0 Å². The highest BCUT2D eigenvalue weighted by Gasteiger charge is 2.10. The summed E-state index contributed by atoms with van der Waals surface area (Å²) in [6, 6.07) is 11.6. The maximum Gasteiger partial charge on any atom is 0.331 e. The molecule has 25 heavy (non-hydrogen) atoms. The first kappa shape index (κ1) is 18.4. The zero-order valence-corrected chi connectivity index (χ0v) is 14.2. The molecule has 0 heterocycles. The normalized spacial score (nSPS) is 10.7. The summed E-state index contributed by atoms with van der Waals surface area (Å²) < 4.78 is 18.0. The van der Waals surface area contributed by atoms with Crippen LogP contribution in [0.5, 0.6) is 0 Å². The van der Waals surface area contributed by atoms with Crippen molar-refractivity contribution in [3.63, 3.8) is 0 Å². The minimum absolute atomic E-state index is 0.385. The molecule has 0 saturated heterocycles. The van der Waals surface area contributed by atoms with E-state index in [0.29, 0.717) is 5.56 Å². The molecule has 2 aromatic rings. The summed E-state index contributed by atoms with van der Waals surface area (Å²) in [4.78, 5) is 23.7. The molecule has 5 heteroatoms. The second-order valence-corrected chi connectivity index (χ2v) is 5.51. The Bertz CT molecular complexity index is 799. The fourth-order valence-electron chi connectivity index (χ4n) is 2.34. The predicted octanol–water partition coefficient (Wildman–Crippen LogP) is 3.89. The van der Waals surface area contributed by atoms with Crippen molar-refractivity contribution < 1.29 is 18.7 Å². The fourth-order valence-corrected chi connectivity index (χ4v) is 2.34. The van der Waals surface area contributed by atoms with Gasteiger partial charge in [-0.1, -0.05) is 37.3 Å². The molecule has 1 amide bonds. The van der Waals surface area contributed by atoms with E-state index in [4.69, 9.17) is 4.74 Å². The Hall–Kier alpha value is -2.95. The van der Waals surface area contributed by atoms with Crippen LogP contribution in [0.1, 0.15) is 23.6 Å². The highest BCUT2D eigenvalue weighted by molar-refractivity contribution is 5.95. The zero-order chi connectivity index (χ0) is 18.2. The number of benzene rings is 2. The number of halogens is 1. The van der Waals surface area contributed by atoms with Crippen LogP contribution in [0.4, 0.5) is 10.1 Å². The number of amides is 1. The largest absolute Gasteiger partial charge is 0.452 e. The van der Waals surface area contributed by atoms with Gasteiger partial charge in [0, 0.05) is 11.8 Å². The molecule has 0 bridgehead atoms. The van der Waals surface area contributed by atoms with E-state index in [-0.39, 0.29) is 12.4 Å². The molecule has 130 valence electrons. The van der Waals surface area contributed by atoms with Gasteiger partial charge in [0.15, 0.2) is 6.61 Å². The summed E-state index contributed by atoms with van der Waals surface area (Å²) in [5.41, 5.74) is 3.26. The van der Waals surface area contributed by atoms with E-state index in [1.165, 1.54) is 18.2 Å². The van der Waals surface area contributed by atoms with Gasteiger partial charge in [0.2, 0.25) is 0 Å². The van der Waals surface area contributed by atoms with Crippen LogP contribution in [0.25, 0.3) is 6.08 Å². The SMILES string of the molecule is CCc1cccc(C)c1NC(=O)COC(=O)/C=C/c1cccc(F)c1. The number of esters is 1. The van der Waals surface area contributed by atoms with Gasteiger partial charge in [-0.2, -0.15) is 0 Å². The lowest BCUT2D eigenvalue weighted by Gasteiger charge is -2.12. The average molecular weight is 341 g/mol. The Balaban J connectivity index is 1.89. The molecule has 0 unspecified atom stereocenters. The summed E-state index contributed by atoms with van der Waals surface area (Å²) in [5, 5.41) is 2.78. The van der Waals surface area contributed by atoms with Crippen molar-refractivity contribution in [3.05, 3.63) is 71.0 Å². The number of hydrogen-bond acceptors (Lipinski definition) is 3. The van der Waals surface area contributed by atoms with Crippen LogP contribution in [-0.4, -0.2) is 18.5 Å². The molecule has 0 atom stereocenters. The summed E-state index contributed by atoms with van der Waals surface area (Å²) in [5.74, 6) is -1.46. The number of carbonyl (C=O) groups is 2. The summed E-state index contributed by atoms with van der Waals surface area (Å²) in [7, 11) is 0. The summed E-state index contributed by atoms with van der Waals surface area (Å²) in [6.07, 6.45) is 3.38. The Labute approximate surface area is 146 Å². The number of aryl methyl sites for hydroxylation is 2. The Morgan fingerprint density at radius 1 is 1.20 bits per heavy atom. The molecule has 0 aliphatic heterocycles. The lowest BCUT2D eigenvalue weighted by atomic mass is 10.1. The van der Waals surface area contributed by atoms with Crippen LogP contribution in [0, 0.1) is 12.7 Å². The lowest BCUT2D eigenvalue weighted by molar-refractivity contribution is -0.142. The molecule has 0 spiro atoms. The number of para-hydroxylation sites is 1. The summed E-state index contributed by atoms with van der Waals surface area (Å²) in [6.45, 7) is 3.52. The third kappa shape index (κ3) is 5.57. The van der Waals surface area contributed by atoms with Crippen molar-refractivity contribution in [1.82, 2.24) is 0 Å². The standard InChI is InChI=1S/C20H20FNO3/c1-3-16-8-4-6-14(2)20(16)22-18(23)13-25-19(24)11-10-15-7-5-9-17(21)12-15/h4-12H,3,13H2,1-2H3,(H,22,23)/b11-10+. The predicted molar refractivity (Wildman–Crippen MR) is 95.6 cm³/mol. The van der Waals surface area contributed by atoms with Gasteiger partial charge >= 0.3 is 5.97 Å². The molecule has 0 aliphatic carbocycles. The maximum absolute atomic E-state index is 13.0. The maximum atomic E-state index is 13.0. The van der Waals surface area contributed by atoms with Gasteiger partial charge in [0.25, 0.3) is 5.91 Å². The van der Waals surface area contributed by atoms with Gasteiger partial charge in [0.05, 0.1) is 0 Å². The van der Waals surface area contributed by atoms with E-state index in [1.54, 1.807) is 12.1 Å². The average Bonchev–Trinajstić information content (AvgIpc) is 2.60. The first-order valence-electron chi connectivity index (χ1n) is 7.98. The number of hydrogen-bond donors (Lipinski definition) is 1. The molecule has 1 N–H and O–H groups in total. The lowest BCUT2D eigenvalue weighted by Crippen LogP contribution is -2.21. The molecule has 0 aromatic heterocycles. The summed E-state index contributed by atoms with van der Waals surface area (Å²) >= 11 is 0. The van der Waals surface area contributed by atoms with E-state index in [2.05, 4.69) is 5.32 Å². The van der Waals surface area contributed by atoms with Gasteiger partial charge in [-0.15, -0.1) is 0 Å². The van der Waals surface area contributed by atoms with Gasteiger partial charge < -0.3 is 10.1 Å². The molecule has 0 aliphatic rings. The van der Waals surface area contributed by atoms with Crippen LogP contribution in [-0.2, 0) is 20.7 Å². The minimum atomic E-state index is -0.667. The van der Waals surface area contributed by atoms with Gasteiger partial charge in [-0.3, -0.25) is 4.79 Å². The highest BCUT2D eigenvalue weighted by Crippen LogP contribution is 2.20. The van der Waals surface area contributed by atoms with Crippen molar-refractivity contribution >= 4 is 23.6 Å². The van der Waals surface area contributed by atoms with E-state index in [1.807, 2.05) is 32.0 Å². The number of carbonyl (C=O) groups excluding carboxylic acids is 2. The first-order chi connectivity index (χ1) is 12.0. The Kier molecular flexibility index (Phi) is 6.46. The smallest absolute Gasteiger partial charge is 0.331 e. The van der Waals surface area contributed by atoms with Crippen molar-refractivity contribution in [2.45, 2.75) is 20.3 Å². The van der Waals surface area contributed by atoms with Crippen LogP contribution < -0.4 is 5.32 Å². The Morgan fingerprint density at radius 3 is 2.68 bits per heavy atom. The van der Waals surface area contributed by atoms with Gasteiger partial charge in [-0.25, -0.2) is 9.18 Å². The molecule has 4 nitrogen and oxygen atoms in total. The topological polar surface area (TPSA) is 55.4 Å². The van der Waals surface area contributed by atoms with E-state index < -0.39 is 11.9 Å². The third-order valence-electron chi connectivity index (χ3n) is 3.61. The zero-order valence-electron chi connectivity index (χ0n) is 14.2. The van der Waals surface area contributed by atoms with Crippen molar-refractivity contribution in [2.24, 2.45) is 0 Å². The Morgan fingerprint density at radius 2 is 1.96 bits per heavy atom. The van der Waals surface area contributed by atoms with Crippen LogP contribution in [0.2, 0.25) is 0 Å². The molecular formula is C20H20FNO3. The molecule has 0 fully saturated rings. The second kappa shape index (κ2) is 8.78. The van der Waals surface area contributed by atoms with Gasteiger partial charge in [-0.05, 0) is 48.2 Å².